The van der Waals surface area contributed by atoms with Crippen molar-refractivity contribution in [3.63, 3.8) is 0 Å². The highest BCUT2D eigenvalue weighted by Crippen LogP contribution is 2.28. The van der Waals surface area contributed by atoms with E-state index in [0.29, 0.717) is 4.31 Å². The standard InChI is InChI=1S/C9H9ClFNO3S/c1-6(13)12(16(2,14)15)9-4-3-7(11)5-8(9)10/h3-5H,1-2H3. The van der Waals surface area contributed by atoms with Crippen molar-refractivity contribution in [1.82, 2.24) is 0 Å². The third kappa shape index (κ3) is 2.70. The minimum absolute atomic E-state index is 0.0573. The summed E-state index contributed by atoms with van der Waals surface area (Å²) in [5, 5.41) is -0.138. The second kappa shape index (κ2) is 4.39. The predicted molar refractivity (Wildman–Crippen MR) is 59.4 cm³/mol. The number of sulfonamides is 1. The first-order valence-electron chi connectivity index (χ1n) is 4.19. The molecule has 0 aliphatic rings. The molecule has 88 valence electrons. The highest BCUT2D eigenvalue weighted by molar-refractivity contribution is 7.92. The lowest BCUT2D eigenvalue weighted by Crippen LogP contribution is -2.34. The summed E-state index contributed by atoms with van der Waals surface area (Å²) in [6.45, 7) is 1.08. The van der Waals surface area contributed by atoms with Crippen molar-refractivity contribution in [1.29, 1.82) is 0 Å². The maximum atomic E-state index is 12.8. The van der Waals surface area contributed by atoms with Gasteiger partial charge in [0.25, 0.3) is 0 Å². The molecule has 0 aliphatic heterocycles. The van der Waals surface area contributed by atoms with Gasteiger partial charge in [0.2, 0.25) is 15.9 Å². The average molecular weight is 266 g/mol. The maximum Gasteiger partial charge on any atom is 0.238 e. The minimum Gasteiger partial charge on any atom is -0.274 e. The first kappa shape index (κ1) is 12.9. The van der Waals surface area contributed by atoms with E-state index in [4.69, 9.17) is 11.6 Å². The largest absolute Gasteiger partial charge is 0.274 e. The number of anilines is 1. The van der Waals surface area contributed by atoms with E-state index in [9.17, 15) is 17.6 Å². The van der Waals surface area contributed by atoms with Crippen LogP contribution in [0.25, 0.3) is 0 Å². The van der Waals surface area contributed by atoms with E-state index in [1.54, 1.807) is 0 Å². The molecule has 0 fully saturated rings. The van der Waals surface area contributed by atoms with Gasteiger partial charge in [-0.15, -0.1) is 0 Å². The van der Waals surface area contributed by atoms with E-state index in [0.717, 1.165) is 31.4 Å². The molecular formula is C9H9ClFNO3S. The number of rotatable bonds is 2. The number of halogens is 2. The summed E-state index contributed by atoms with van der Waals surface area (Å²) in [6.07, 6.45) is 0.869. The SMILES string of the molecule is CC(=O)N(c1ccc(F)cc1Cl)S(C)(=O)=O. The molecule has 1 rings (SSSR count). The molecule has 0 unspecified atom stereocenters. The summed E-state index contributed by atoms with van der Waals surface area (Å²) < 4.78 is 36.0. The van der Waals surface area contributed by atoms with Crippen LogP contribution in [0.5, 0.6) is 0 Å². The fourth-order valence-electron chi connectivity index (χ4n) is 1.23. The zero-order valence-corrected chi connectivity index (χ0v) is 10.1. The lowest BCUT2D eigenvalue weighted by molar-refractivity contribution is -0.115. The Kier molecular flexibility index (Phi) is 3.54. The summed E-state index contributed by atoms with van der Waals surface area (Å²) in [5.41, 5.74) is -0.0573. The summed E-state index contributed by atoms with van der Waals surface area (Å²) in [5.74, 6) is -1.32. The third-order valence-electron chi connectivity index (χ3n) is 1.75. The molecule has 0 heterocycles. The van der Waals surface area contributed by atoms with E-state index >= 15 is 0 Å². The van der Waals surface area contributed by atoms with Gasteiger partial charge in [-0.1, -0.05) is 11.6 Å². The van der Waals surface area contributed by atoms with Crippen molar-refractivity contribution in [3.8, 4) is 0 Å². The molecule has 0 N–H and O–H groups in total. The second-order valence-electron chi connectivity index (χ2n) is 3.14. The normalized spacial score (nSPS) is 11.2. The molecule has 0 bridgehead atoms. The Morgan fingerprint density at radius 1 is 1.44 bits per heavy atom. The zero-order chi connectivity index (χ0) is 12.5. The molecule has 0 atom stereocenters. The lowest BCUT2D eigenvalue weighted by atomic mass is 10.3. The van der Waals surface area contributed by atoms with Crippen molar-refractivity contribution < 1.29 is 17.6 Å². The van der Waals surface area contributed by atoms with Crippen molar-refractivity contribution in [3.05, 3.63) is 29.0 Å². The van der Waals surface area contributed by atoms with Crippen LogP contribution in [0.1, 0.15) is 6.92 Å². The quantitative estimate of drug-likeness (QED) is 0.819. The summed E-state index contributed by atoms with van der Waals surface area (Å²) >= 11 is 5.68. The van der Waals surface area contributed by atoms with Crippen LogP contribution in [-0.4, -0.2) is 20.6 Å². The van der Waals surface area contributed by atoms with E-state index < -0.39 is 21.7 Å². The molecule has 0 aliphatic carbocycles. The number of benzene rings is 1. The van der Waals surface area contributed by atoms with Crippen LogP contribution >= 0.6 is 11.6 Å². The average Bonchev–Trinajstić information content (AvgIpc) is 2.06. The number of nitrogens with zero attached hydrogens (tertiary/aromatic N) is 1. The van der Waals surface area contributed by atoms with Crippen molar-refractivity contribution in [2.24, 2.45) is 0 Å². The van der Waals surface area contributed by atoms with Crippen LogP contribution in [0.2, 0.25) is 5.02 Å². The van der Waals surface area contributed by atoms with Gasteiger partial charge in [-0.2, -0.15) is 0 Å². The smallest absolute Gasteiger partial charge is 0.238 e. The third-order valence-corrected chi connectivity index (χ3v) is 3.17. The molecule has 0 saturated carbocycles. The summed E-state index contributed by atoms with van der Waals surface area (Å²) in [4.78, 5) is 11.2. The lowest BCUT2D eigenvalue weighted by Gasteiger charge is -2.19. The van der Waals surface area contributed by atoms with Crippen LogP contribution in [0.15, 0.2) is 18.2 Å². The number of carbonyl (C=O) groups excluding carboxylic acids is 1. The molecular weight excluding hydrogens is 257 g/mol. The van der Waals surface area contributed by atoms with Gasteiger partial charge >= 0.3 is 0 Å². The highest BCUT2D eigenvalue weighted by Gasteiger charge is 2.24. The molecule has 16 heavy (non-hydrogen) atoms. The van der Waals surface area contributed by atoms with E-state index in [1.807, 2.05) is 0 Å². The fraction of sp³-hybridized carbons (Fsp3) is 0.222. The molecule has 0 saturated heterocycles. The minimum atomic E-state index is -3.78. The number of hydrogen-bond acceptors (Lipinski definition) is 3. The molecule has 1 aromatic rings. The Hall–Kier alpha value is -1.14. The van der Waals surface area contributed by atoms with Gasteiger partial charge in [0.05, 0.1) is 17.0 Å². The van der Waals surface area contributed by atoms with Crippen LogP contribution in [0, 0.1) is 5.82 Å². The Labute approximate surface area is 97.7 Å². The Balaban J connectivity index is 3.39. The Morgan fingerprint density at radius 2 is 2.00 bits per heavy atom. The van der Waals surface area contributed by atoms with Crippen molar-refractivity contribution in [2.75, 3.05) is 10.6 Å². The summed E-state index contributed by atoms with van der Waals surface area (Å²) in [7, 11) is -3.78. The number of carbonyl (C=O) groups is 1. The predicted octanol–water partition coefficient (Wildman–Crippen LogP) is 1.79. The van der Waals surface area contributed by atoms with Crippen LogP contribution in [0.4, 0.5) is 10.1 Å². The van der Waals surface area contributed by atoms with Gasteiger partial charge in [-0.3, -0.25) is 4.79 Å². The van der Waals surface area contributed by atoms with Gasteiger partial charge in [0.1, 0.15) is 5.82 Å². The molecule has 1 amide bonds. The summed E-state index contributed by atoms with van der Waals surface area (Å²) in [6, 6.07) is 3.11. The molecule has 4 nitrogen and oxygen atoms in total. The van der Waals surface area contributed by atoms with E-state index in [-0.39, 0.29) is 10.7 Å². The van der Waals surface area contributed by atoms with Gasteiger partial charge in [-0.05, 0) is 18.2 Å². The maximum absolute atomic E-state index is 12.8. The fourth-order valence-corrected chi connectivity index (χ4v) is 2.51. The molecule has 0 aromatic heterocycles. The van der Waals surface area contributed by atoms with Gasteiger partial charge in [0.15, 0.2) is 0 Å². The molecule has 1 aromatic carbocycles. The second-order valence-corrected chi connectivity index (χ2v) is 5.38. The first-order valence-corrected chi connectivity index (χ1v) is 6.42. The van der Waals surface area contributed by atoms with Crippen molar-refractivity contribution in [2.45, 2.75) is 6.92 Å². The number of hydrogen-bond donors (Lipinski definition) is 0. The highest BCUT2D eigenvalue weighted by atomic mass is 35.5. The molecule has 0 radical (unpaired) electrons. The first-order chi connectivity index (χ1) is 7.23. The molecule has 0 spiro atoms. The van der Waals surface area contributed by atoms with Gasteiger partial charge in [0, 0.05) is 6.92 Å². The Morgan fingerprint density at radius 3 is 2.38 bits per heavy atom. The topological polar surface area (TPSA) is 54.5 Å². The number of amides is 1. The zero-order valence-electron chi connectivity index (χ0n) is 8.57. The van der Waals surface area contributed by atoms with E-state index in [2.05, 4.69) is 0 Å². The van der Waals surface area contributed by atoms with Crippen molar-refractivity contribution >= 4 is 33.2 Å². The Bertz CT molecular complexity index is 530. The molecule has 7 heteroatoms. The van der Waals surface area contributed by atoms with E-state index in [1.165, 1.54) is 0 Å². The van der Waals surface area contributed by atoms with Gasteiger partial charge in [-0.25, -0.2) is 17.1 Å². The van der Waals surface area contributed by atoms with Gasteiger partial charge < -0.3 is 0 Å². The van der Waals surface area contributed by atoms with Crippen LogP contribution < -0.4 is 4.31 Å². The van der Waals surface area contributed by atoms with Crippen LogP contribution in [-0.2, 0) is 14.8 Å². The van der Waals surface area contributed by atoms with Crippen LogP contribution in [0.3, 0.4) is 0 Å². The monoisotopic (exact) mass is 265 g/mol.